The molecule has 0 saturated carbocycles. The summed E-state index contributed by atoms with van der Waals surface area (Å²) in [5, 5.41) is 10.0. The van der Waals surface area contributed by atoms with Gasteiger partial charge in [-0.15, -0.1) is 0 Å². The predicted molar refractivity (Wildman–Crippen MR) is 133 cm³/mol. The van der Waals surface area contributed by atoms with Crippen LogP contribution in [-0.2, 0) is 15.7 Å². The minimum Gasteiger partial charge on any atom is -0.481 e. The molecule has 35 heavy (non-hydrogen) atoms. The summed E-state index contributed by atoms with van der Waals surface area (Å²) in [4.78, 5) is 14.2. The summed E-state index contributed by atoms with van der Waals surface area (Å²) in [6.45, 7) is 4.74. The number of aliphatic carboxylic acids is 1. The van der Waals surface area contributed by atoms with Crippen LogP contribution in [0.3, 0.4) is 0 Å². The van der Waals surface area contributed by atoms with Crippen LogP contribution in [0.2, 0.25) is 0 Å². The number of carboxylic acids is 1. The lowest BCUT2D eigenvalue weighted by Gasteiger charge is -2.40. The highest BCUT2D eigenvalue weighted by Crippen LogP contribution is 2.47. The van der Waals surface area contributed by atoms with Gasteiger partial charge in [0.1, 0.15) is 0 Å². The first-order valence-electron chi connectivity index (χ1n) is 12.4. The molecular formula is C28H36F3NO3. The number of carboxylic acid groups (broad SMARTS) is 1. The Kier molecular flexibility index (Phi) is 9.22. The maximum absolute atomic E-state index is 14.8. The molecule has 4 nitrogen and oxygen atoms in total. The number of halogens is 3. The van der Waals surface area contributed by atoms with Crippen LogP contribution in [0.4, 0.5) is 18.9 Å². The monoisotopic (exact) mass is 491 g/mol. The topological polar surface area (TPSA) is 49.8 Å². The molecule has 2 aromatic rings. The number of hydrogen-bond donors (Lipinski definition) is 1. The Morgan fingerprint density at radius 1 is 1.14 bits per heavy atom. The summed E-state index contributed by atoms with van der Waals surface area (Å²) >= 11 is 0. The summed E-state index contributed by atoms with van der Waals surface area (Å²) in [5.41, 5.74) is 0.538. The van der Waals surface area contributed by atoms with E-state index in [0.717, 1.165) is 37.7 Å². The van der Waals surface area contributed by atoms with E-state index in [2.05, 4.69) is 0 Å². The molecule has 0 aliphatic carbocycles. The highest BCUT2D eigenvalue weighted by Gasteiger charge is 2.42. The van der Waals surface area contributed by atoms with Gasteiger partial charge in [-0.25, -0.2) is 0 Å². The number of anilines is 1. The van der Waals surface area contributed by atoms with Gasteiger partial charge < -0.3 is 14.7 Å². The zero-order valence-corrected chi connectivity index (χ0v) is 20.8. The Bertz CT molecular complexity index is 975. The van der Waals surface area contributed by atoms with Crippen molar-refractivity contribution < 1.29 is 27.8 Å². The number of rotatable bonds is 10. The third kappa shape index (κ3) is 6.78. The number of ether oxygens (including phenoxy) is 1. The van der Waals surface area contributed by atoms with Crippen LogP contribution in [-0.4, -0.2) is 37.4 Å². The SMILES string of the molecule is COCCCC1CCCCN1c1cc(-c2ccccc2)cc([C@@H](CC(C)C)C(=O)O)c1C(F)(F)F. The van der Waals surface area contributed by atoms with E-state index >= 15 is 0 Å². The maximum Gasteiger partial charge on any atom is 0.418 e. The molecule has 0 spiro atoms. The van der Waals surface area contributed by atoms with Gasteiger partial charge in [-0.3, -0.25) is 4.79 Å². The summed E-state index contributed by atoms with van der Waals surface area (Å²) < 4.78 is 49.4. The molecule has 1 aliphatic heterocycles. The maximum atomic E-state index is 14.8. The first-order valence-corrected chi connectivity index (χ1v) is 12.4. The van der Waals surface area contributed by atoms with Crippen LogP contribution in [0.1, 0.15) is 69.4 Å². The lowest BCUT2D eigenvalue weighted by molar-refractivity contribution is -0.141. The number of alkyl halides is 3. The van der Waals surface area contributed by atoms with Gasteiger partial charge in [0.05, 0.1) is 17.2 Å². The van der Waals surface area contributed by atoms with E-state index in [0.29, 0.717) is 18.7 Å². The average molecular weight is 492 g/mol. The zero-order chi connectivity index (χ0) is 25.6. The van der Waals surface area contributed by atoms with Gasteiger partial charge in [-0.05, 0) is 73.3 Å². The molecule has 2 aromatic carbocycles. The van der Waals surface area contributed by atoms with E-state index in [1.807, 2.05) is 49.1 Å². The third-order valence-electron chi connectivity index (χ3n) is 6.74. The minimum absolute atomic E-state index is 0.0488. The van der Waals surface area contributed by atoms with Crippen molar-refractivity contribution in [2.75, 3.05) is 25.2 Å². The van der Waals surface area contributed by atoms with Gasteiger partial charge >= 0.3 is 12.1 Å². The molecule has 0 radical (unpaired) electrons. The first-order chi connectivity index (χ1) is 16.6. The fraction of sp³-hybridized carbons (Fsp3) is 0.536. The molecule has 0 bridgehead atoms. The van der Waals surface area contributed by atoms with Crippen LogP contribution >= 0.6 is 0 Å². The predicted octanol–water partition coefficient (Wildman–Crippen LogP) is 7.37. The summed E-state index contributed by atoms with van der Waals surface area (Å²) in [5.74, 6) is -2.54. The van der Waals surface area contributed by atoms with Crippen molar-refractivity contribution in [2.24, 2.45) is 5.92 Å². The number of hydrogen-bond acceptors (Lipinski definition) is 3. The molecular weight excluding hydrogens is 455 g/mol. The van der Waals surface area contributed by atoms with E-state index in [-0.39, 0.29) is 29.6 Å². The van der Waals surface area contributed by atoms with E-state index in [1.54, 1.807) is 13.2 Å². The Hall–Kier alpha value is -2.54. The van der Waals surface area contributed by atoms with E-state index in [4.69, 9.17) is 4.74 Å². The van der Waals surface area contributed by atoms with Crippen LogP contribution in [0, 0.1) is 5.92 Å². The molecule has 1 heterocycles. The van der Waals surface area contributed by atoms with Crippen molar-refractivity contribution in [2.45, 2.75) is 70.5 Å². The Morgan fingerprint density at radius 3 is 2.46 bits per heavy atom. The van der Waals surface area contributed by atoms with Crippen LogP contribution in [0.5, 0.6) is 0 Å². The van der Waals surface area contributed by atoms with Crippen molar-refractivity contribution in [1.29, 1.82) is 0 Å². The van der Waals surface area contributed by atoms with E-state index in [9.17, 15) is 23.1 Å². The Labute approximate surface area is 206 Å². The molecule has 0 amide bonds. The van der Waals surface area contributed by atoms with Crippen molar-refractivity contribution in [1.82, 2.24) is 0 Å². The average Bonchev–Trinajstić information content (AvgIpc) is 2.82. The fourth-order valence-electron chi connectivity index (χ4n) is 5.17. The number of nitrogens with zero attached hydrogens (tertiary/aromatic N) is 1. The second-order valence-electron chi connectivity index (χ2n) is 9.82. The Balaban J connectivity index is 2.26. The van der Waals surface area contributed by atoms with Crippen LogP contribution in [0.15, 0.2) is 42.5 Å². The molecule has 1 N–H and O–H groups in total. The molecule has 7 heteroatoms. The molecule has 1 saturated heterocycles. The van der Waals surface area contributed by atoms with E-state index in [1.165, 1.54) is 6.07 Å². The van der Waals surface area contributed by atoms with Gasteiger partial charge in [0.2, 0.25) is 0 Å². The second kappa shape index (κ2) is 11.9. The summed E-state index contributed by atoms with van der Waals surface area (Å²) in [6.07, 6.45) is -0.490. The lowest BCUT2D eigenvalue weighted by Crippen LogP contribution is -2.41. The summed E-state index contributed by atoms with van der Waals surface area (Å²) in [7, 11) is 1.62. The highest BCUT2D eigenvalue weighted by molar-refractivity contribution is 5.81. The molecule has 2 atom stereocenters. The smallest absolute Gasteiger partial charge is 0.418 e. The molecule has 1 aliphatic rings. The normalized spacial score (nSPS) is 17.6. The minimum atomic E-state index is -4.68. The number of methoxy groups -OCH3 is 1. The van der Waals surface area contributed by atoms with Crippen molar-refractivity contribution >= 4 is 11.7 Å². The number of benzene rings is 2. The van der Waals surface area contributed by atoms with Crippen LogP contribution in [0.25, 0.3) is 11.1 Å². The lowest BCUT2D eigenvalue weighted by atomic mass is 9.83. The van der Waals surface area contributed by atoms with Crippen molar-refractivity contribution in [3.63, 3.8) is 0 Å². The quantitative estimate of drug-likeness (QED) is 0.353. The highest BCUT2D eigenvalue weighted by atomic mass is 19.4. The van der Waals surface area contributed by atoms with Gasteiger partial charge in [-0.1, -0.05) is 44.2 Å². The fourth-order valence-corrected chi connectivity index (χ4v) is 5.17. The number of piperidine rings is 1. The second-order valence-corrected chi connectivity index (χ2v) is 9.82. The standard InChI is InChI=1S/C28H36F3NO3/c1-19(2)16-24(27(33)34)23-17-21(20-10-5-4-6-11-20)18-25(26(23)28(29,30)31)32-14-8-7-12-22(32)13-9-15-35-3/h4-6,10-11,17-19,22,24H,7-9,12-16H2,1-3H3,(H,33,34)/t22?,24-/m1/s1. The third-order valence-corrected chi connectivity index (χ3v) is 6.74. The number of carbonyl (C=O) groups is 1. The molecule has 1 fully saturated rings. The van der Waals surface area contributed by atoms with Gasteiger partial charge in [0.15, 0.2) is 0 Å². The summed E-state index contributed by atoms with van der Waals surface area (Å²) in [6, 6.07) is 12.2. The Morgan fingerprint density at radius 2 is 1.86 bits per heavy atom. The van der Waals surface area contributed by atoms with Crippen molar-refractivity contribution in [3.8, 4) is 11.1 Å². The van der Waals surface area contributed by atoms with Gasteiger partial charge in [-0.2, -0.15) is 13.2 Å². The molecule has 1 unspecified atom stereocenters. The van der Waals surface area contributed by atoms with Gasteiger partial charge in [0, 0.05) is 26.3 Å². The van der Waals surface area contributed by atoms with E-state index < -0.39 is 23.6 Å². The zero-order valence-electron chi connectivity index (χ0n) is 20.8. The largest absolute Gasteiger partial charge is 0.481 e. The molecule has 192 valence electrons. The first kappa shape index (κ1) is 27.1. The molecule has 0 aromatic heterocycles. The molecule has 3 rings (SSSR count). The van der Waals surface area contributed by atoms with Gasteiger partial charge in [0.25, 0.3) is 0 Å². The van der Waals surface area contributed by atoms with Crippen molar-refractivity contribution in [3.05, 3.63) is 53.6 Å². The van der Waals surface area contributed by atoms with Crippen LogP contribution < -0.4 is 4.90 Å².